The van der Waals surface area contributed by atoms with E-state index in [0.717, 1.165) is 26.9 Å². The predicted molar refractivity (Wildman–Crippen MR) is 170 cm³/mol. The van der Waals surface area contributed by atoms with Crippen LogP contribution in [-0.4, -0.2) is 63.6 Å². The highest BCUT2D eigenvalue weighted by atomic mass is 32.1. The summed E-state index contributed by atoms with van der Waals surface area (Å²) >= 11 is 1.33. The zero-order valence-corrected chi connectivity index (χ0v) is 25.4. The van der Waals surface area contributed by atoms with Crippen molar-refractivity contribution in [2.45, 2.75) is 13.0 Å². The second kappa shape index (κ2) is 11.6. The summed E-state index contributed by atoms with van der Waals surface area (Å²) in [4.78, 5) is 47.4. The lowest BCUT2D eigenvalue weighted by atomic mass is 10.0. The van der Waals surface area contributed by atoms with Crippen molar-refractivity contribution >= 4 is 50.4 Å². The molecule has 1 unspecified atom stereocenters. The SMILES string of the molecule is Cc1ccc(-c2cc(Nc3ccc(C4C(=O)N(C)CCN4C)cn3)c(=O)n(C)n2)c(F)c1NC(=O)c1cc2ccccc2s1. The van der Waals surface area contributed by atoms with Crippen LogP contribution in [0, 0.1) is 12.7 Å². The molecule has 0 bridgehead atoms. The first-order valence-corrected chi connectivity index (χ1v) is 14.8. The van der Waals surface area contributed by atoms with E-state index >= 15 is 4.39 Å². The van der Waals surface area contributed by atoms with Gasteiger partial charge in [-0.3, -0.25) is 19.3 Å². The second-order valence-corrected chi connectivity index (χ2v) is 11.9. The Bertz CT molecular complexity index is 1940. The summed E-state index contributed by atoms with van der Waals surface area (Å²) < 4.78 is 18.1. The highest BCUT2D eigenvalue weighted by Gasteiger charge is 2.32. The van der Waals surface area contributed by atoms with E-state index in [0.29, 0.717) is 22.8 Å². The minimum atomic E-state index is -0.662. The van der Waals surface area contributed by atoms with E-state index < -0.39 is 23.3 Å². The Morgan fingerprint density at radius 2 is 1.82 bits per heavy atom. The van der Waals surface area contributed by atoms with Crippen LogP contribution in [0.3, 0.4) is 0 Å². The Hall–Kier alpha value is -4.94. The summed E-state index contributed by atoms with van der Waals surface area (Å²) in [6.07, 6.45) is 1.61. The maximum absolute atomic E-state index is 16.0. The molecule has 2 aromatic carbocycles. The third-order valence-electron chi connectivity index (χ3n) is 7.78. The van der Waals surface area contributed by atoms with Gasteiger partial charge in [-0.15, -0.1) is 11.3 Å². The topological polar surface area (TPSA) is 112 Å². The van der Waals surface area contributed by atoms with Crippen molar-refractivity contribution in [3.8, 4) is 11.3 Å². The molecular weight excluding hydrogens is 581 g/mol. The van der Waals surface area contributed by atoms with Crippen molar-refractivity contribution in [1.29, 1.82) is 0 Å². The van der Waals surface area contributed by atoms with Gasteiger partial charge in [-0.05, 0) is 60.8 Å². The van der Waals surface area contributed by atoms with Crippen LogP contribution in [0.4, 0.5) is 21.6 Å². The molecule has 0 aliphatic carbocycles. The molecule has 6 rings (SSSR count). The Labute approximate surface area is 256 Å². The van der Waals surface area contributed by atoms with Crippen LogP contribution < -0.4 is 16.2 Å². The summed E-state index contributed by atoms with van der Waals surface area (Å²) in [6, 6.07) is 17.2. The van der Waals surface area contributed by atoms with Crippen LogP contribution >= 0.6 is 11.3 Å². The monoisotopic (exact) mass is 611 g/mol. The average molecular weight is 612 g/mol. The third-order valence-corrected chi connectivity index (χ3v) is 8.90. The van der Waals surface area contributed by atoms with E-state index in [4.69, 9.17) is 0 Å². The molecule has 5 aromatic rings. The molecule has 10 nitrogen and oxygen atoms in total. The fraction of sp³-hybridized carbons (Fsp3) is 0.219. The molecule has 1 saturated heterocycles. The summed E-state index contributed by atoms with van der Waals surface area (Å²) in [5.41, 5.74) is 1.34. The fourth-order valence-electron chi connectivity index (χ4n) is 5.24. The molecule has 0 saturated carbocycles. The van der Waals surface area contributed by atoms with Crippen molar-refractivity contribution in [1.82, 2.24) is 24.6 Å². The maximum Gasteiger partial charge on any atom is 0.290 e. The Balaban J connectivity index is 1.27. The number of nitrogens with zero attached hydrogens (tertiary/aromatic N) is 5. The fourth-order valence-corrected chi connectivity index (χ4v) is 6.20. The van der Waals surface area contributed by atoms with Gasteiger partial charge in [0.15, 0.2) is 5.82 Å². The van der Waals surface area contributed by atoms with Crippen LogP contribution in [0.2, 0.25) is 0 Å². The first kappa shape index (κ1) is 29.1. The highest BCUT2D eigenvalue weighted by molar-refractivity contribution is 7.20. The lowest BCUT2D eigenvalue weighted by Gasteiger charge is -2.36. The van der Waals surface area contributed by atoms with Crippen LogP contribution in [0.15, 0.2) is 71.7 Å². The smallest absolute Gasteiger partial charge is 0.290 e. The van der Waals surface area contributed by atoms with E-state index in [-0.39, 0.29) is 28.5 Å². The van der Waals surface area contributed by atoms with Crippen LogP contribution in [0.25, 0.3) is 21.3 Å². The number of carbonyl (C=O) groups is 2. The van der Waals surface area contributed by atoms with Crippen LogP contribution in [0.5, 0.6) is 0 Å². The molecule has 44 heavy (non-hydrogen) atoms. The largest absolute Gasteiger partial charge is 0.343 e. The number of hydrogen-bond acceptors (Lipinski definition) is 8. The molecule has 12 heteroatoms. The quantitative estimate of drug-likeness (QED) is 0.280. The van der Waals surface area contributed by atoms with Gasteiger partial charge in [-0.1, -0.05) is 30.3 Å². The van der Waals surface area contributed by atoms with Gasteiger partial charge in [0.05, 0.1) is 16.3 Å². The Morgan fingerprint density at radius 1 is 1.02 bits per heavy atom. The van der Waals surface area contributed by atoms with Gasteiger partial charge >= 0.3 is 0 Å². The summed E-state index contributed by atoms with van der Waals surface area (Å²) in [5.74, 6) is -0.704. The number of aromatic nitrogens is 3. The van der Waals surface area contributed by atoms with Crippen molar-refractivity contribution in [3.63, 3.8) is 0 Å². The van der Waals surface area contributed by atoms with Gasteiger partial charge in [0.1, 0.15) is 17.5 Å². The van der Waals surface area contributed by atoms with Crippen LogP contribution in [0.1, 0.15) is 26.8 Å². The molecule has 0 radical (unpaired) electrons. The lowest BCUT2D eigenvalue weighted by Crippen LogP contribution is -2.49. The normalized spacial score (nSPS) is 15.5. The van der Waals surface area contributed by atoms with Crippen molar-refractivity contribution in [2.24, 2.45) is 7.05 Å². The molecule has 1 aliphatic heterocycles. The number of rotatable bonds is 6. The van der Waals surface area contributed by atoms with E-state index in [9.17, 15) is 14.4 Å². The van der Waals surface area contributed by atoms with Gasteiger partial charge in [-0.2, -0.15) is 5.10 Å². The van der Waals surface area contributed by atoms with Gasteiger partial charge in [0.25, 0.3) is 11.5 Å². The second-order valence-electron chi connectivity index (χ2n) is 10.8. The number of fused-ring (bicyclic) bond motifs is 1. The number of aryl methyl sites for hydroxylation is 2. The molecule has 2 amide bonds. The number of benzene rings is 2. The van der Waals surface area contributed by atoms with E-state index in [1.54, 1.807) is 55.4 Å². The molecule has 0 spiro atoms. The van der Waals surface area contributed by atoms with Crippen molar-refractivity contribution in [3.05, 3.63) is 99.0 Å². The third kappa shape index (κ3) is 5.45. The Morgan fingerprint density at radius 3 is 2.57 bits per heavy atom. The number of thiophene rings is 1. The number of likely N-dealkylation sites (N-methyl/N-ethyl adjacent to an activating group) is 2. The minimum absolute atomic E-state index is 0.00611. The number of amides is 2. The molecule has 2 N–H and O–H groups in total. The number of hydrogen-bond donors (Lipinski definition) is 2. The first-order valence-electron chi connectivity index (χ1n) is 14.0. The molecule has 3 aromatic heterocycles. The van der Waals surface area contributed by atoms with Gasteiger partial charge in [0.2, 0.25) is 5.91 Å². The van der Waals surface area contributed by atoms with Gasteiger partial charge in [0, 0.05) is 43.6 Å². The number of halogens is 1. The number of carbonyl (C=O) groups excluding carboxylic acids is 2. The highest BCUT2D eigenvalue weighted by Crippen LogP contribution is 2.32. The number of anilines is 3. The maximum atomic E-state index is 16.0. The molecule has 4 heterocycles. The zero-order valence-electron chi connectivity index (χ0n) is 24.6. The first-order chi connectivity index (χ1) is 21.1. The molecule has 1 atom stereocenters. The van der Waals surface area contributed by atoms with E-state index in [1.165, 1.54) is 24.5 Å². The Kier molecular flexibility index (Phi) is 7.70. The molecule has 1 fully saturated rings. The summed E-state index contributed by atoms with van der Waals surface area (Å²) in [6.45, 7) is 3.11. The van der Waals surface area contributed by atoms with E-state index in [1.807, 2.05) is 36.2 Å². The van der Waals surface area contributed by atoms with E-state index in [2.05, 4.69) is 20.7 Å². The standard InChI is InChI=1S/C32H30FN7O3S/c1-18-9-11-21(27(33)28(18)36-30(41)25-15-19-7-5-6-8-24(19)44-25)22-16-23(31(42)40(4)37-22)35-26-12-10-20(17-34-26)29-32(43)39(3)14-13-38(29)2/h5-12,15-17,29H,13-14H2,1-4H3,(H,34,35)(H,36,41). The van der Waals surface area contributed by atoms with Crippen LogP contribution in [-0.2, 0) is 11.8 Å². The minimum Gasteiger partial charge on any atom is -0.343 e. The number of piperazine rings is 1. The average Bonchev–Trinajstić information content (AvgIpc) is 3.45. The number of nitrogens with one attached hydrogen (secondary N) is 2. The van der Waals surface area contributed by atoms with Crippen molar-refractivity contribution in [2.75, 3.05) is 37.8 Å². The van der Waals surface area contributed by atoms with Crippen molar-refractivity contribution < 1.29 is 14.0 Å². The molecule has 1 aliphatic rings. The zero-order chi connectivity index (χ0) is 31.1. The predicted octanol–water partition coefficient (Wildman–Crippen LogP) is 4.95. The summed E-state index contributed by atoms with van der Waals surface area (Å²) in [7, 11) is 5.15. The molecule has 224 valence electrons. The lowest BCUT2D eigenvalue weighted by molar-refractivity contribution is -0.139. The summed E-state index contributed by atoms with van der Waals surface area (Å²) in [5, 5.41) is 11.0. The number of pyridine rings is 1. The molecular formula is C32H30FN7O3S. The van der Waals surface area contributed by atoms with Gasteiger partial charge < -0.3 is 15.5 Å². The van der Waals surface area contributed by atoms with Gasteiger partial charge in [-0.25, -0.2) is 14.1 Å².